The fourth-order valence-corrected chi connectivity index (χ4v) is 3.85. The van der Waals surface area contributed by atoms with E-state index in [1.807, 2.05) is 6.92 Å². The zero-order valence-corrected chi connectivity index (χ0v) is 17.5. The molecule has 6 nitrogen and oxygen atoms in total. The van der Waals surface area contributed by atoms with E-state index in [9.17, 15) is 9.59 Å². The maximum absolute atomic E-state index is 12.5. The molecular formula is C22H25N3O3S. The Morgan fingerprint density at radius 3 is 2.83 bits per heavy atom. The molecule has 2 N–H and O–H groups in total. The lowest BCUT2D eigenvalue weighted by molar-refractivity contribution is -0.119. The summed E-state index contributed by atoms with van der Waals surface area (Å²) in [6.45, 7) is 3.27. The van der Waals surface area contributed by atoms with Crippen LogP contribution in [0.1, 0.15) is 61.2 Å². The molecule has 3 rings (SSSR count). The van der Waals surface area contributed by atoms with Gasteiger partial charge < -0.3 is 15.4 Å². The summed E-state index contributed by atoms with van der Waals surface area (Å²) in [6.07, 6.45) is 7.33. The Balaban J connectivity index is 1.60. The van der Waals surface area contributed by atoms with Gasteiger partial charge in [-0.15, -0.1) is 0 Å². The molecule has 0 bridgehead atoms. The van der Waals surface area contributed by atoms with Crippen LogP contribution in [0.15, 0.2) is 30.5 Å². The summed E-state index contributed by atoms with van der Waals surface area (Å²) in [7, 11) is 0. The summed E-state index contributed by atoms with van der Waals surface area (Å²) in [5, 5.41) is 6.27. The highest BCUT2D eigenvalue weighted by Crippen LogP contribution is 2.27. The van der Waals surface area contributed by atoms with Gasteiger partial charge in [-0.2, -0.15) is 0 Å². The summed E-state index contributed by atoms with van der Waals surface area (Å²) >= 11 is 1.31. The fourth-order valence-electron chi connectivity index (χ4n) is 3.20. The lowest BCUT2D eigenvalue weighted by atomic mass is 9.95. The normalized spacial score (nSPS) is 15.0. The van der Waals surface area contributed by atoms with Gasteiger partial charge in [0.25, 0.3) is 11.1 Å². The molecule has 152 valence electrons. The van der Waals surface area contributed by atoms with Crippen molar-refractivity contribution >= 4 is 23.2 Å². The second kappa shape index (κ2) is 10.1. The number of nitrogens with zero attached hydrogens (tertiary/aromatic N) is 1. The third kappa shape index (κ3) is 6.61. The highest BCUT2D eigenvalue weighted by molar-refractivity contribution is 7.13. The van der Waals surface area contributed by atoms with Crippen molar-refractivity contribution in [3.8, 4) is 22.8 Å². The average Bonchev–Trinajstić information content (AvgIpc) is 3.14. The third-order valence-corrected chi connectivity index (χ3v) is 5.35. The molecule has 0 saturated heterocycles. The van der Waals surface area contributed by atoms with Crippen LogP contribution in [0.3, 0.4) is 0 Å². The Morgan fingerprint density at radius 2 is 2.07 bits per heavy atom. The Hall–Kier alpha value is -2.85. The lowest BCUT2D eigenvalue weighted by Crippen LogP contribution is -2.36. The molecular weight excluding hydrogens is 386 g/mol. The second-order valence-electron chi connectivity index (χ2n) is 7.12. The molecule has 0 spiro atoms. The third-order valence-electron chi connectivity index (χ3n) is 4.56. The number of benzene rings is 1. The topological polar surface area (TPSA) is 80.3 Å². The first-order chi connectivity index (χ1) is 14.0. The fraction of sp³-hybridized carbons (Fsp3) is 0.409. The Morgan fingerprint density at radius 1 is 1.28 bits per heavy atom. The van der Waals surface area contributed by atoms with E-state index in [2.05, 4.69) is 27.5 Å². The van der Waals surface area contributed by atoms with E-state index in [0.717, 1.165) is 17.7 Å². The van der Waals surface area contributed by atoms with Crippen molar-refractivity contribution in [2.24, 2.45) is 0 Å². The first kappa shape index (κ1) is 20.9. The van der Waals surface area contributed by atoms with Crippen LogP contribution >= 0.6 is 11.3 Å². The highest BCUT2D eigenvalue weighted by Gasteiger charge is 2.17. The highest BCUT2D eigenvalue weighted by atomic mass is 32.1. The van der Waals surface area contributed by atoms with Gasteiger partial charge in [-0.25, -0.2) is 4.98 Å². The number of hydrogen-bond donors (Lipinski definition) is 2. The Labute approximate surface area is 175 Å². The summed E-state index contributed by atoms with van der Waals surface area (Å²) in [5.41, 5.74) is 0.578. The SMILES string of the molecule is CC(=O)NC(C)C#Cc1cnc(Oc2cccc(C(=O)NC3CCCCC3)c2)s1. The van der Waals surface area contributed by atoms with E-state index in [-0.39, 0.29) is 23.9 Å². The quantitative estimate of drug-likeness (QED) is 0.732. The predicted octanol–water partition coefficient (Wildman–Crippen LogP) is 3.87. The molecule has 2 amide bonds. The van der Waals surface area contributed by atoms with Crippen molar-refractivity contribution in [3.63, 3.8) is 0 Å². The summed E-state index contributed by atoms with van der Waals surface area (Å²) in [5.74, 6) is 6.30. The molecule has 1 aromatic carbocycles. The number of aromatic nitrogens is 1. The van der Waals surface area contributed by atoms with Gasteiger partial charge in [0.15, 0.2) is 0 Å². The van der Waals surface area contributed by atoms with Gasteiger partial charge in [0.05, 0.1) is 12.2 Å². The molecule has 1 saturated carbocycles. The molecule has 1 aromatic heterocycles. The van der Waals surface area contributed by atoms with E-state index in [1.54, 1.807) is 30.5 Å². The molecule has 0 aliphatic heterocycles. The van der Waals surface area contributed by atoms with E-state index in [0.29, 0.717) is 16.5 Å². The predicted molar refractivity (Wildman–Crippen MR) is 113 cm³/mol. The Bertz CT molecular complexity index is 923. The molecule has 1 aliphatic carbocycles. The average molecular weight is 412 g/mol. The number of carbonyl (C=O) groups is 2. The minimum atomic E-state index is -0.238. The number of ether oxygens (including phenoxy) is 1. The van der Waals surface area contributed by atoms with E-state index >= 15 is 0 Å². The summed E-state index contributed by atoms with van der Waals surface area (Å²) in [6, 6.07) is 7.13. The number of nitrogens with one attached hydrogen (secondary N) is 2. The summed E-state index contributed by atoms with van der Waals surface area (Å²) < 4.78 is 5.80. The van der Waals surface area contributed by atoms with Crippen LogP contribution in [0.5, 0.6) is 10.9 Å². The van der Waals surface area contributed by atoms with Gasteiger partial charge in [0, 0.05) is 18.5 Å². The van der Waals surface area contributed by atoms with Gasteiger partial charge in [0.2, 0.25) is 5.91 Å². The zero-order valence-electron chi connectivity index (χ0n) is 16.7. The van der Waals surface area contributed by atoms with Crippen LogP contribution in [0.4, 0.5) is 0 Å². The standard InChI is InChI=1S/C22H25N3O3S/c1-15(24-16(2)26)11-12-20-14-23-22(29-20)28-19-10-6-7-17(13-19)21(27)25-18-8-4-3-5-9-18/h6-7,10,13-15,18H,3-5,8-9H2,1-2H3,(H,24,26)(H,25,27). The van der Waals surface area contributed by atoms with Crippen LogP contribution in [0.2, 0.25) is 0 Å². The molecule has 1 heterocycles. The Kier molecular flexibility index (Phi) is 7.25. The van der Waals surface area contributed by atoms with Crippen molar-refractivity contribution < 1.29 is 14.3 Å². The largest absolute Gasteiger partial charge is 0.431 e. The minimum Gasteiger partial charge on any atom is -0.431 e. The van der Waals surface area contributed by atoms with Crippen LogP contribution in [-0.2, 0) is 4.79 Å². The molecule has 1 aliphatic rings. The maximum atomic E-state index is 12.5. The van der Waals surface area contributed by atoms with E-state index in [1.165, 1.54) is 37.5 Å². The van der Waals surface area contributed by atoms with Crippen LogP contribution < -0.4 is 15.4 Å². The van der Waals surface area contributed by atoms with Gasteiger partial charge in [-0.05, 0) is 38.0 Å². The van der Waals surface area contributed by atoms with Crippen molar-refractivity contribution in [1.29, 1.82) is 0 Å². The maximum Gasteiger partial charge on any atom is 0.279 e. The summed E-state index contributed by atoms with van der Waals surface area (Å²) in [4.78, 5) is 28.5. The van der Waals surface area contributed by atoms with Crippen molar-refractivity contribution in [2.45, 2.75) is 58.0 Å². The van der Waals surface area contributed by atoms with Crippen LogP contribution in [-0.4, -0.2) is 28.9 Å². The van der Waals surface area contributed by atoms with Crippen LogP contribution in [0.25, 0.3) is 0 Å². The number of amides is 2. The molecule has 29 heavy (non-hydrogen) atoms. The van der Waals surface area contributed by atoms with Gasteiger partial charge in [-0.1, -0.05) is 48.5 Å². The molecule has 7 heteroatoms. The van der Waals surface area contributed by atoms with Crippen molar-refractivity contribution in [1.82, 2.24) is 15.6 Å². The van der Waals surface area contributed by atoms with Gasteiger partial charge in [0.1, 0.15) is 10.6 Å². The van der Waals surface area contributed by atoms with Gasteiger partial charge >= 0.3 is 0 Å². The first-order valence-electron chi connectivity index (χ1n) is 9.83. The van der Waals surface area contributed by atoms with Gasteiger partial charge in [-0.3, -0.25) is 9.59 Å². The smallest absolute Gasteiger partial charge is 0.279 e. The monoisotopic (exact) mass is 411 g/mol. The second-order valence-corrected chi connectivity index (χ2v) is 8.11. The van der Waals surface area contributed by atoms with E-state index < -0.39 is 0 Å². The number of thiazole rings is 1. The molecule has 1 unspecified atom stereocenters. The lowest BCUT2D eigenvalue weighted by Gasteiger charge is -2.22. The molecule has 0 radical (unpaired) electrons. The zero-order chi connectivity index (χ0) is 20.6. The molecule has 1 atom stereocenters. The van der Waals surface area contributed by atoms with E-state index in [4.69, 9.17) is 4.74 Å². The minimum absolute atomic E-state index is 0.0694. The van der Waals surface area contributed by atoms with Crippen molar-refractivity contribution in [2.75, 3.05) is 0 Å². The first-order valence-corrected chi connectivity index (χ1v) is 10.6. The number of hydrogen-bond acceptors (Lipinski definition) is 5. The molecule has 2 aromatic rings. The molecule has 1 fully saturated rings. The number of carbonyl (C=O) groups excluding carboxylic acids is 2. The number of rotatable bonds is 5. The van der Waals surface area contributed by atoms with Crippen molar-refractivity contribution in [3.05, 3.63) is 40.9 Å². The van der Waals surface area contributed by atoms with Crippen LogP contribution in [0, 0.1) is 11.8 Å².